The standard InChI is InChI=1S/C10H13N2O/c1-9(13)8-11-7-5-10-4-2-3-6-12-10/h2-4,6,11H,1,5,7-8H2. The monoisotopic (exact) mass is 177 g/mol. The number of pyridine rings is 1. The molecular weight excluding hydrogens is 164 g/mol. The molecular formula is C10H13N2O. The van der Waals surface area contributed by atoms with Crippen molar-refractivity contribution in [1.29, 1.82) is 0 Å². The molecule has 0 aliphatic rings. The van der Waals surface area contributed by atoms with Crippen LogP contribution in [0.2, 0.25) is 0 Å². The number of rotatable bonds is 5. The van der Waals surface area contributed by atoms with E-state index in [9.17, 15) is 4.79 Å². The van der Waals surface area contributed by atoms with Gasteiger partial charge in [0.15, 0.2) is 0 Å². The first-order chi connectivity index (χ1) is 6.29. The summed E-state index contributed by atoms with van der Waals surface area (Å²) >= 11 is 0. The zero-order valence-corrected chi connectivity index (χ0v) is 7.49. The van der Waals surface area contributed by atoms with Gasteiger partial charge >= 0.3 is 0 Å². The molecule has 1 rings (SSSR count). The fraction of sp³-hybridized carbons (Fsp3) is 0.300. The maximum atomic E-state index is 10.5. The summed E-state index contributed by atoms with van der Waals surface area (Å²) in [5.41, 5.74) is 1.03. The molecule has 0 saturated carbocycles. The van der Waals surface area contributed by atoms with E-state index in [1.54, 1.807) is 6.20 Å². The normalized spacial score (nSPS) is 9.92. The van der Waals surface area contributed by atoms with Crippen LogP contribution < -0.4 is 5.32 Å². The Bertz CT molecular complexity index is 259. The van der Waals surface area contributed by atoms with Crippen molar-refractivity contribution in [1.82, 2.24) is 10.3 Å². The zero-order chi connectivity index (χ0) is 9.52. The molecule has 0 fully saturated rings. The van der Waals surface area contributed by atoms with Crippen LogP contribution in [0.4, 0.5) is 0 Å². The third kappa shape index (κ3) is 4.38. The van der Waals surface area contributed by atoms with Crippen LogP contribution >= 0.6 is 0 Å². The Balaban J connectivity index is 2.17. The fourth-order valence-corrected chi connectivity index (χ4v) is 0.990. The molecule has 3 heteroatoms. The number of aromatic nitrogens is 1. The van der Waals surface area contributed by atoms with Crippen LogP contribution in [0.1, 0.15) is 5.69 Å². The van der Waals surface area contributed by atoms with Crippen LogP contribution in [0.5, 0.6) is 0 Å². The maximum absolute atomic E-state index is 10.5. The van der Waals surface area contributed by atoms with Crippen LogP contribution in [-0.2, 0) is 11.2 Å². The molecule has 1 N–H and O–H groups in total. The number of Topliss-reactive ketones (excluding diaryl/α,β-unsaturated/α-hetero) is 1. The smallest absolute Gasteiger partial charge is 0.147 e. The molecule has 1 aromatic rings. The van der Waals surface area contributed by atoms with Crippen molar-refractivity contribution in [2.45, 2.75) is 6.42 Å². The highest BCUT2D eigenvalue weighted by molar-refractivity contribution is 5.84. The Kier molecular flexibility index (Phi) is 4.12. The van der Waals surface area contributed by atoms with Crippen molar-refractivity contribution >= 4 is 5.78 Å². The second-order valence-corrected chi connectivity index (χ2v) is 2.79. The molecule has 0 aromatic carbocycles. The molecule has 1 radical (unpaired) electrons. The Hall–Kier alpha value is -1.22. The van der Waals surface area contributed by atoms with Crippen LogP contribution in [0.3, 0.4) is 0 Å². The SMILES string of the molecule is [CH2]C(=O)CNCCc1ccccn1. The minimum absolute atomic E-state index is 0.0824. The van der Waals surface area contributed by atoms with E-state index in [1.807, 2.05) is 18.2 Å². The maximum Gasteiger partial charge on any atom is 0.147 e. The van der Waals surface area contributed by atoms with E-state index < -0.39 is 0 Å². The predicted molar refractivity (Wildman–Crippen MR) is 51.2 cm³/mol. The highest BCUT2D eigenvalue weighted by Crippen LogP contribution is 1.92. The van der Waals surface area contributed by atoms with E-state index in [0.717, 1.165) is 18.7 Å². The summed E-state index contributed by atoms with van der Waals surface area (Å²) in [7, 11) is 0. The number of nitrogens with one attached hydrogen (secondary N) is 1. The third-order valence-corrected chi connectivity index (χ3v) is 1.61. The number of hydrogen-bond donors (Lipinski definition) is 1. The van der Waals surface area contributed by atoms with Gasteiger partial charge in [-0.05, 0) is 12.1 Å². The lowest BCUT2D eigenvalue weighted by molar-refractivity contribution is -0.114. The van der Waals surface area contributed by atoms with E-state index in [0.29, 0.717) is 6.54 Å². The minimum atomic E-state index is -0.0824. The van der Waals surface area contributed by atoms with Gasteiger partial charge in [0.05, 0.1) is 6.54 Å². The van der Waals surface area contributed by atoms with Crippen molar-refractivity contribution in [3.8, 4) is 0 Å². The number of ketones is 1. The molecule has 0 bridgehead atoms. The Morgan fingerprint density at radius 2 is 2.38 bits per heavy atom. The van der Waals surface area contributed by atoms with Gasteiger partial charge in [-0.15, -0.1) is 0 Å². The second-order valence-electron chi connectivity index (χ2n) is 2.79. The Labute approximate surface area is 78.2 Å². The predicted octanol–water partition coefficient (Wildman–Crippen LogP) is 0.617. The molecule has 0 amide bonds. The van der Waals surface area contributed by atoms with Crippen molar-refractivity contribution in [2.24, 2.45) is 0 Å². The number of carbonyl (C=O) groups is 1. The molecule has 69 valence electrons. The summed E-state index contributed by atoms with van der Waals surface area (Å²) in [4.78, 5) is 14.6. The van der Waals surface area contributed by atoms with Crippen molar-refractivity contribution in [3.63, 3.8) is 0 Å². The fourth-order valence-electron chi connectivity index (χ4n) is 0.990. The summed E-state index contributed by atoms with van der Waals surface area (Å²) in [6, 6.07) is 5.80. The Morgan fingerprint density at radius 3 is 3.00 bits per heavy atom. The number of nitrogens with zero attached hydrogens (tertiary/aromatic N) is 1. The number of hydrogen-bond acceptors (Lipinski definition) is 3. The highest BCUT2D eigenvalue weighted by Gasteiger charge is 1.94. The third-order valence-electron chi connectivity index (χ3n) is 1.61. The molecule has 0 saturated heterocycles. The first kappa shape index (κ1) is 9.86. The number of carbonyl (C=O) groups excluding carboxylic acids is 1. The van der Waals surface area contributed by atoms with Gasteiger partial charge in [-0.1, -0.05) is 6.07 Å². The molecule has 1 aromatic heterocycles. The zero-order valence-electron chi connectivity index (χ0n) is 7.49. The first-order valence-corrected chi connectivity index (χ1v) is 4.24. The van der Waals surface area contributed by atoms with Crippen LogP contribution in [-0.4, -0.2) is 23.9 Å². The summed E-state index contributed by atoms with van der Waals surface area (Å²) in [5.74, 6) is -0.0824. The lowest BCUT2D eigenvalue weighted by Crippen LogP contribution is -2.23. The van der Waals surface area contributed by atoms with E-state index in [2.05, 4.69) is 17.2 Å². The van der Waals surface area contributed by atoms with E-state index in [-0.39, 0.29) is 5.78 Å². The summed E-state index contributed by atoms with van der Waals surface area (Å²) in [5, 5.41) is 2.98. The van der Waals surface area contributed by atoms with Gasteiger partial charge in [0.1, 0.15) is 5.78 Å². The quantitative estimate of drug-likeness (QED) is 0.670. The lowest BCUT2D eigenvalue weighted by atomic mass is 10.3. The van der Waals surface area contributed by atoms with Crippen molar-refractivity contribution < 1.29 is 4.79 Å². The van der Waals surface area contributed by atoms with Gasteiger partial charge in [0, 0.05) is 31.8 Å². The van der Waals surface area contributed by atoms with Gasteiger partial charge in [-0.25, -0.2) is 0 Å². The van der Waals surface area contributed by atoms with Crippen molar-refractivity contribution in [2.75, 3.05) is 13.1 Å². The first-order valence-electron chi connectivity index (χ1n) is 4.24. The van der Waals surface area contributed by atoms with E-state index in [1.165, 1.54) is 0 Å². The second kappa shape index (κ2) is 5.43. The van der Waals surface area contributed by atoms with Crippen molar-refractivity contribution in [3.05, 3.63) is 37.0 Å². The average molecular weight is 177 g/mol. The lowest BCUT2D eigenvalue weighted by Gasteiger charge is -2.00. The molecule has 13 heavy (non-hydrogen) atoms. The molecule has 0 aliphatic carbocycles. The highest BCUT2D eigenvalue weighted by atomic mass is 16.1. The van der Waals surface area contributed by atoms with E-state index >= 15 is 0 Å². The van der Waals surface area contributed by atoms with Gasteiger partial charge in [0.2, 0.25) is 0 Å². The average Bonchev–Trinajstić information content (AvgIpc) is 2.14. The molecule has 0 aliphatic heterocycles. The topological polar surface area (TPSA) is 42.0 Å². The Morgan fingerprint density at radius 1 is 1.54 bits per heavy atom. The van der Waals surface area contributed by atoms with Crippen LogP contribution in [0, 0.1) is 6.92 Å². The largest absolute Gasteiger partial charge is 0.310 e. The van der Waals surface area contributed by atoms with Gasteiger partial charge in [-0.3, -0.25) is 9.78 Å². The minimum Gasteiger partial charge on any atom is -0.310 e. The summed E-state index contributed by atoms with van der Waals surface area (Å²) in [6.45, 7) is 4.37. The van der Waals surface area contributed by atoms with Gasteiger partial charge in [0.25, 0.3) is 0 Å². The summed E-state index contributed by atoms with van der Waals surface area (Å²) < 4.78 is 0. The van der Waals surface area contributed by atoms with Crippen LogP contribution in [0.15, 0.2) is 24.4 Å². The van der Waals surface area contributed by atoms with Crippen LogP contribution in [0.25, 0.3) is 0 Å². The van der Waals surface area contributed by atoms with Gasteiger partial charge < -0.3 is 5.32 Å². The van der Waals surface area contributed by atoms with E-state index in [4.69, 9.17) is 0 Å². The van der Waals surface area contributed by atoms with Gasteiger partial charge in [-0.2, -0.15) is 0 Å². The summed E-state index contributed by atoms with van der Waals surface area (Å²) in [6.07, 6.45) is 2.61. The molecule has 1 heterocycles. The molecule has 3 nitrogen and oxygen atoms in total. The molecule has 0 unspecified atom stereocenters. The molecule has 0 spiro atoms. The molecule has 0 atom stereocenters.